The van der Waals surface area contributed by atoms with Gasteiger partial charge in [0, 0.05) is 12.7 Å². The molecule has 0 aliphatic rings. The van der Waals surface area contributed by atoms with Crippen molar-refractivity contribution in [2.75, 3.05) is 19.6 Å². The fourth-order valence-electron chi connectivity index (χ4n) is 1.36. The highest BCUT2D eigenvalue weighted by atomic mass is 32.2. The standard InChI is InChI=1S/C10H17F3N4O2S/c1-2-3-14-4-5-17-7-9(6-15-17)20(18,19)16-8-10(11,12)13/h6-7,14,16H,2-5,8H2,1H3. The van der Waals surface area contributed by atoms with Crippen LogP contribution in [0, 0.1) is 0 Å². The van der Waals surface area contributed by atoms with Crippen molar-refractivity contribution in [2.24, 2.45) is 0 Å². The summed E-state index contributed by atoms with van der Waals surface area (Å²) in [6.45, 7) is 2.29. The van der Waals surface area contributed by atoms with Gasteiger partial charge < -0.3 is 5.32 Å². The van der Waals surface area contributed by atoms with Crippen molar-refractivity contribution < 1.29 is 21.6 Å². The van der Waals surface area contributed by atoms with Crippen LogP contribution in [0.4, 0.5) is 13.2 Å². The summed E-state index contributed by atoms with van der Waals surface area (Å²) in [6.07, 6.45) is -1.39. The van der Waals surface area contributed by atoms with Crippen LogP contribution in [0.15, 0.2) is 17.3 Å². The number of rotatable bonds is 8. The van der Waals surface area contributed by atoms with Crippen LogP contribution in [-0.4, -0.2) is 44.0 Å². The summed E-state index contributed by atoms with van der Waals surface area (Å²) >= 11 is 0. The van der Waals surface area contributed by atoms with Crippen molar-refractivity contribution in [3.05, 3.63) is 12.4 Å². The molecule has 20 heavy (non-hydrogen) atoms. The minimum Gasteiger partial charge on any atom is -0.315 e. The molecule has 0 fully saturated rings. The zero-order valence-electron chi connectivity index (χ0n) is 10.9. The van der Waals surface area contributed by atoms with Gasteiger partial charge in [-0.25, -0.2) is 13.1 Å². The van der Waals surface area contributed by atoms with Crippen molar-refractivity contribution >= 4 is 10.0 Å². The normalized spacial score (nSPS) is 12.8. The molecule has 0 bridgehead atoms. The number of aromatic nitrogens is 2. The van der Waals surface area contributed by atoms with Crippen molar-refractivity contribution in [1.29, 1.82) is 0 Å². The zero-order chi connectivity index (χ0) is 15.2. The minimum absolute atomic E-state index is 0.280. The van der Waals surface area contributed by atoms with Crippen LogP contribution < -0.4 is 10.0 Å². The van der Waals surface area contributed by atoms with Crippen LogP contribution in [0.5, 0.6) is 0 Å². The van der Waals surface area contributed by atoms with Crippen molar-refractivity contribution in [1.82, 2.24) is 19.8 Å². The Hall–Kier alpha value is -1.13. The first-order valence-electron chi connectivity index (χ1n) is 6.04. The van der Waals surface area contributed by atoms with E-state index in [1.165, 1.54) is 15.6 Å². The second-order valence-corrected chi connectivity index (χ2v) is 5.90. The number of alkyl halides is 3. The quantitative estimate of drug-likeness (QED) is 0.694. The Morgan fingerprint density at radius 2 is 2.05 bits per heavy atom. The van der Waals surface area contributed by atoms with E-state index in [-0.39, 0.29) is 4.90 Å². The number of sulfonamides is 1. The van der Waals surface area contributed by atoms with Crippen molar-refractivity contribution in [3.63, 3.8) is 0 Å². The number of halogens is 3. The SMILES string of the molecule is CCCNCCn1cc(S(=O)(=O)NCC(F)(F)F)cn1. The molecule has 0 saturated carbocycles. The molecule has 1 aromatic rings. The van der Waals surface area contributed by atoms with Gasteiger partial charge in [0.15, 0.2) is 0 Å². The second kappa shape index (κ2) is 7.04. The first-order valence-corrected chi connectivity index (χ1v) is 7.52. The molecule has 0 spiro atoms. The van der Waals surface area contributed by atoms with Crippen LogP contribution in [0.1, 0.15) is 13.3 Å². The Morgan fingerprint density at radius 3 is 2.65 bits per heavy atom. The predicted octanol–water partition coefficient (Wildman–Crippen LogP) is 0.723. The van der Waals surface area contributed by atoms with Gasteiger partial charge in [-0.15, -0.1) is 0 Å². The van der Waals surface area contributed by atoms with Crippen LogP contribution in [0.3, 0.4) is 0 Å². The lowest BCUT2D eigenvalue weighted by molar-refractivity contribution is -0.121. The van der Waals surface area contributed by atoms with E-state index in [2.05, 4.69) is 10.4 Å². The molecule has 0 atom stereocenters. The Morgan fingerprint density at radius 1 is 1.35 bits per heavy atom. The predicted molar refractivity (Wildman–Crippen MR) is 66.6 cm³/mol. The molecule has 0 aliphatic heterocycles. The van der Waals surface area contributed by atoms with Gasteiger partial charge in [-0.05, 0) is 13.0 Å². The van der Waals surface area contributed by atoms with Gasteiger partial charge in [0.25, 0.3) is 0 Å². The van der Waals surface area contributed by atoms with Gasteiger partial charge in [-0.3, -0.25) is 4.68 Å². The molecule has 1 heterocycles. The van der Waals surface area contributed by atoms with Gasteiger partial charge in [-0.2, -0.15) is 18.3 Å². The summed E-state index contributed by atoms with van der Waals surface area (Å²) in [5.41, 5.74) is 0. The van der Waals surface area contributed by atoms with Crippen LogP contribution in [0.25, 0.3) is 0 Å². The lowest BCUT2D eigenvalue weighted by atomic mass is 10.5. The molecular formula is C10H17F3N4O2S. The van der Waals surface area contributed by atoms with Gasteiger partial charge in [0.2, 0.25) is 10.0 Å². The monoisotopic (exact) mass is 314 g/mol. The number of hydrogen-bond donors (Lipinski definition) is 2. The third kappa shape index (κ3) is 5.88. The largest absolute Gasteiger partial charge is 0.402 e. The highest BCUT2D eigenvalue weighted by Gasteiger charge is 2.30. The van der Waals surface area contributed by atoms with Gasteiger partial charge in [-0.1, -0.05) is 6.92 Å². The molecule has 0 aliphatic carbocycles. The molecule has 0 unspecified atom stereocenters. The maximum absolute atomic E-state index is 12.0. The Kier molecular flexibility index (Phi) is 5.96. The minimum atomic E-state index is -4.59. The molecule has 0 amide bonds. The second-order valence-electron chi connectivity index (χ2n) is 4.13. The van der Waals surface area contributed by atoms with E-state index in [0.717, 1.165) is 19.2 Å². The Labute approximate surface area is 115 Å². The summed E-state index contributed by atoms with van der Waals surface area (Å²) in [5.74, 6) is 0. The summed E-state index contributed by atoms with van der Waals surface area (Å²) in [7, 11) is -4.18. The third-order valence-corrected chi connectivity index (χ3v) is 3.68. The number of hydrogen-bond acceptors (Lipinski definition) is 4. The summed E-state index contributed by atoms with van der Waals surface area (Å²) in [6, 6.07) is 0. The molecule has 0 saturated heterocycles. The molecule has 6 nitrogen and oxygen atoms in total. The van der Waals surface area contributed by atoms with Gasteiger partial charge in [0.05, 0.1) is 12.7 Å². The number of nitrogens with zero attached hydrogens (tertiary/aromatic N) is 2. The van der Waals surface area contributed by atoms with Crippen LogP contribution in [-0.2, 0) is 16.6 Å². The Balaban J connectivity index is 2.57. The van der Waals surface area contributed by atoms with E-state index < -0.39 is 22.7 Å². The van der Waals surface area contributed by atoms with E-state index in [1.807, 2.05) is 6.92 Å². The first kappa shape index (κ1) is 16.9. The molecule has 1 rings (SSSR count). The summed E-state index contributed by atoms with van der Waals surface area (Å²) in [4.78, 5) is -0.280. The lowest BCUT2D eigenvalue weighted by Crippen LogP contribution is -2.33. The average molecular weight is 314 g/mol. The smallest absolute Gasteiger partial charge is 0.315 e. The van der Waals surface area contributed by atoms with E-state index in [9.17, 15) is 21.6 Å². The average Bonchev–Trinajstić information content (AvgIpc) is 2.81. The van der Waals surface area contributed by atoms with E-state index >= 15 is 0 Å². The van der Waals surface area contributed by atoms with Crippen LogP contribution in [0.2, 0.25) is 0 Å². The molecule has 116 valence electrons. The maximum atomic E-state index is 12.0. The molecule has 1 aromatic heterocycles. The highest BCUT2D eigenvalue weighted by Crippen LogP contribution is 2.14. The molecular weight excluding hydrogens is 297 g/mol. The molecule has 0 radical (unpaired) electrons. The first-order chi connectivity index (χ1) is 9.24. The van der Waals surface area contributed by atoms with Gasteiger partial charge in [0.1, 0.15) is 11.4 Å². The highest BCUT2D eigenvalue weighted by molar-refractivity contribution is 7.89. The third-order valence-electron chi connectivity index (χ3n) is 2.33. The summed E-state index contributed by atoms with van der Waals surface area (Å²) < 4.78 is 62.0. The van der Waals surface area contributed by atoms with E-state index in [4.69, 9.17) is 0 Å². The molecule has 10 heteroatoms. The maximum Gasteiger partial charge on any atom is 0.402 e. The van der Waals surface area contributed by atoms with E-state index in [0.29, 0.717) is 13.1 Å². The van der Waals surface area contributed by atoms with E-state index in [1.54, 1.807) is 0 Å². The van der Waals surface area contributed by atoms with Crippen LogP contribution >= 0.6 is 0 Å². The zero-order valence-corrected chi connectivity index (χ0v) is 11.8. The lowest BCUT2D eigenvalue weighted by Gasteiger charge is -2.07. The number of nitrogens with one attached hydrogen (secondary N) is 2. The molecule has 2 N–H and O–H groups in total. The summed E-state index contributed by atoms with van der Waals surface area (Å²) in [5, 5.41) is 6.90. The topological polar surface area (TPSA) is 76.0 Å². The molecule has 0 aromatic carbocycles. The van der Waals surface area contributed by atoms with Crippen molar-refractivity contribution in [2.45, 2.75) is 31.0 Å². The fraction of sp³-hybridized carbons (Fsp3) is 0.700. The van der Waals surface area contributed by atoms with Gasteiger partial charge >= 0.3 is 6.18 Å². The Bertz CT molecular complexity index is 513. The van der Waals surface area contributed by atoms with Crippen molar-refractivity contribution in [3.8, 4) is 0 Å². The fourth-order valence-corrected chi connectivity index (χ4v) is 2.33.